The molecule has 254 valence electrons. The molecular weight excluding hydrogens is 655 g/mol. The van der Waals surface area contributed by atoms with Crippen LogP contribution in [0.3, 0.4) is 0 Å². The van der Waals surface area contributed by atoms with E-state index in [4.69, 9.17) is 4.42 Å². The van der Waals surface area contributed by atoms with Crippen LogP contribution in [0, 0.1) is 0 Å². The molecule has 9 aromatic carbocycles. The molecule has 1 aromatic heterocycles. The van der Waals surface area contributed by atoms with Gasteiger partial charge in [-0.2, -0.15) is 0 Å². The van der Waals surface area contributed by atoms with E-state index in [-0.39, 0.29) is 0 Å². The second-order valence-electron chi connectivity index (χ2n) is 13.8. The van der Waals surface area contributed by atoms with E-state index in [1.54, 1.807) is 0 Å². The molecule has 0 aliphatic rings. The molecular formula is C52H35NO. The summed E-state index contributed by atoms with van der Waals surface area (Å²) in [6, 6.07) is 75.9. The molecule has 2 nitrogen and oxygen atoms in total. The van der Waals surface area contributed by atoms with Crippen LogP contribution in [0.4, 0.5) is 17.1 Å². The highest BCUT2D eigenvalue weighted by atomic mass is 16.3. The van der Waals surface area contributed by atoms with E-state index >= 15 is 0 Å². The molecule has 0 atom stereocenters. The van der Waals surface area contributed by atoms with Gasteiger partial charge in [0.25, 0.3) is 0 Å². The second-order valence-corrected chi connectivity index (χ2v) is 13.8. The van der Waals surface area contributed by atoms with Gasteiger partial charge in [-0.05, 0) is 116 Å². The van der Waals surface area contributed by atoms with E-state index in [0.717, 1.165) is 50.1 Å². The smallest absolute Gasteiger partial charge is 0.159 e. The summed E-state index contributed by atoms with van der Waals surface area (Å²) < 4.78 is 6.63. The van der Waals surface area contributed by atoms with Gasteiger partial charge in [0.1, 0.15) is 5.58 Å². The van der Waals surface area contributed by atoms with Crippen molar-refractivity contribution in [3.8, 4) is 44.5 Å². The van der Waals surface area contributed by atoms with Gasteiger partial charge < -0.3 is 9.32 Å². The summed E-state index contributed by atoms with van der Waals surface area (Å²) in [6.07, 6.45) is 0. The van der Waals surface area contributed by atoms with Gasteiger partial charge in [-0.1, -0.05) is 152 Å². The van der Waals surface area contributed by atoms with Crippen LogP contribution in [0.25, 0.3) is 77.2 Å². The van der Waals surface area contributed by atoms with Crippen molar-refractivity contribution in [1.82, 2.24) is 0 Å². The molecule has 0 spiro atoms. The molecule has 0 saturated carbocycles. The summed E-state index contributed by atoms with van der Waals surface area (Å²) in [7, 11) is 0. The molecule has 0 radical (unpaired) electrons. The molecule has 2 heteroatoms. The van der Waals surface area contributed by atoms with Crippen LogP contribution < -0.4 is 4.90 Å². The fraction of sp³-hybridized carbons (Fsp3) is 0. The zero-order chi connectivity index (χ0) is 35.8. The van der Waals surface area contributed by atoms with Crippen LogP contribution in [0.2, 0.25) is 0 Å². The Morgan fingerprint density at radius 1 is 0.296 bits per heavy atom. The summed E-state index contributed by atoms with van der Waals surface area (Å²) >= 11 is 0. The maximum Gasteiger partial charge on any atom is 0.159 e. The Labute approximate surface area is 314 Å². The highest BCUT2D eigenvalue weighted by Crippen LogP contribution is 2.44. The monoisotopic (exact) mass is 689 g/mol. The van der Waals surface area contributed by atoms with E-state index in [1.807, 2.05) is 12.1 Å². The van der Waals surface area contributed by atoms with E-state index in [0.29, 0.717) is 0 Å². The lowest BCUT2D eigenvalue weighted by Gasteiger charge is -2.26. The van der Waals surface area contributed by atoms with E-state index in [2.05, 4.69) is 205 Å². The largest absolute Gasteiger partial charge is 0.454 e. The predicted molar refractivity (Wildman–Crippen MR) is 228 cm³/mol. The van der Waals surface area contributed by atoms with Crippen molar-refractivity contribution < 1.29 is 4.42 Å². The van der Waals surface area contributed by atoms with Crippen LogP contribution in [0.1, 0.15) is 0 Å². The molecule has 0 bridgehead atoms. The van der Waals surface area contributed by atoms with E-state index in [9.17, 15) is 0 Å². The molecule has 0 amide bonds. The molecule has 0 aliphatic heterocycles. The molecule has 0 unspecified atom stereocenters. The average Bonchev–Trinajstić information content (AvgIpc) is 3.64. The Balaban J connectivity index is 1.12. The first-order valence-electron chi connectivity index (χ1n) is 18.4. The van der Waals surface area contributed by atoms with Gasteiger partial charge in [-0.3, -0.25) is 0 Å². The van der Waals surface area contributed by atoms with Crippen LogP contribution >= 0.6 is 0 Å². The third-order valence-electron chi connectivity index (χ3n) is 10.4. The number of anilines is 3. The number of hydrogen-bond acceptors (Lipinski definition) is 2. The number of nitrogens with zero attached hydrogens (tertiary/aromatic N) is 1. The number of benzene rings is 9. The van der Waals surface area contributed by atoms with Gasteiger partial charge in [0.05, 0.1) is 5.69 Å². The minimum absolute atomic E-state index is 0.863. The standard InChI is InChI=1S/C52H35NO/c1-3-13-36(14-4-1)43-32-44(37-15-5-2-6-16-37)34-45(33-43)39-27-29-46(30-28-39)53(50-23-12-22-49-48-21-9-10-24-51(48)54-52(49)50)47-20-11-19-41(35-47)42-26-25-38-17-7-8-18-40(38)31-42/h1-35H. The molecule has 0 saturated heterocycles. The number of para-hydroxylation sites is 2. The number of hydrogen-bond donors (Lipinski definition) is 0. The van der Waals surface area contributed by atoms with Crippen molar-refractivity contribution in [3.63, 3.8) is 0 Å². The summed E-state index contributed by atoms with van der Waals surface area (Å²) in [5.41, 5.74) is 14.3. The zero-order valence-electron chi connectivity index (χ0n) is 29.6. The average molecular weight is 690 g/mol. The molecule has 1 heterocycles. The van der Waals surface area contributed by atoms with E-state index in [1.165, 1.54) is 44.2 Å². The lowest BCUT2D eigenvalue weighted by atomic mass is 9.93. The van der Waals surface area contributed by atoms with Crippen molar-refractivity contribution in [2.75, 3.05) is 4.90 Å². The first-order chi connectivity index (χ1) is 26.7. The Morgan fingerprint density at radius 3 is 1.56 bits per heavy atom. The van der Waals surface area contributed by atoms with Crippen LogP contribution in [0.5, 0.6) is 0 Å². The van der Waals surface area contributed by atoms with E-state index < -0.39 is 0 Å². The van der Waals surface area contributed by atoms with Crippen LogP contribution in [0.15, 0.2) is 217 Å². The summed E-state index contributed by atoms with van der Waals surface area (Å²) in [5, 5.41) is 4.68. The van der Waals surface area contributed by atoms with Crippen LogP contribution in [-0.4, -0.2) is 0 Å². The first-order valence-corrected chi connectivity index (χ1v) is 18.4. The molecule has 54 heavy (non-hydrogen) atoms. The van der Waals surface area contributed by atoms with Gasteiger partial charge in [0, 0.05) is 22.1 Å². The lowest BCUT2D eigenvalue weighted by molar-refractivity contribution is 0.669. The van der Waals surface area contributed by atoms with Crippen molar-refractivity contribution in [2.45, 2.75) is 0 Å². The normalized spacial score (nSPS) is 11.3. The maximum absolute atomic E-state index is 6.63. The molecule has 0 N–H and O–H groups in total. The quantitative estimate of drug-likeness (QED) is 0.166. The highest BCUT2D eigenvalue weighted by molar-refractivity contribution is 6.10. The zero-order valence-corrected chi connectivity index (χ0v) is 29.6. The van der Waals surface area contributed by atoms with Gasteiger partial charge in [-0.15, -0.1) is 0 Å². The number of furan rings is 1. The lowest BCUT2D eigenvalue weighted by Crippen LogP contribution is -2.10. The summed E-state index contributed by atoms with van der Waals surface area (Å²) in [5.74, 6) is 0. The fourth-order valence-electron chi connectivity index (χ4n) is 7.72. The van der Waals surface area contributed by atoms with Crippen molar-refractivity contribution >= 4 is 49.8 Å². The minimum Gasteiger partial charge on any atom is -0.454 e. The number of fused-ring (bicyclic) bond motifs is 4. The van der Waals surface area contributed by atoms with Crippen molar-refractivity contribution in [3.05, 3.63) is 212 Å². The Bertz CT molecular complexity index is 2870. The molecule has 0 fully saturated rings. The van der Waals surface area contributed by atoms with Crippen molar-refractivity contribution in [2.24, 2.45) is 0 Å². The van der Waals surface area contributed by atoms with Crippen molar-refractivity contribution in [1.29, 1.82) is 0 Å². The second kappa shape index (κ2) is 13.4. The highest BCUT2D eigenvalue weighted by Gasteiger charge is 2.20. The van der Waals surface area contributed by atoms with Gasteiger partial charge in [0.2, 0.25) is 0 Å². The van der Waals surface area contributed by atoms with Gasteiger partial charge in [0.15, 0.2) is 5.58 Å². The fourth-order valence-corrected chi connectivity index (χ4v) is 7.72. The number of rotatable bonds is 7. The van der Waals surface area contributed by atoms with Gasteiger partial charge in [-0.25, -0.2) is 0 Å². The van der Waals surface area contributed by atoms with Crippen LogP contribution in [-0.2, 0) is 0 Å². The Hall–Kier alpha value is -7.16. The van der Waals surface area contributed by atoms with Gasteiger partial charge >= 0.3 is 0 Å². The third kappa shape index (κ3) is 5.81. The topological polar surface area (TPSA) is 16.4 Å². The summed E-state index contributed by atoms with van der Waals surface area (Å²) in [6.45, 7) is 0. The maximum atomic E-state index is 6.63. The predicted octanol–water partition coefficient (Wildman–Crippen LogP) is 14.9. The first kappa shape index (κ1) is 31.6. The third-order valence-corrected chi connectivity index (χ3v) is 10.4. The molecule has 10 rings (SSSR count). The Morgan fingerprint density at radius 2 is 0.833 bits per heavy atom. The summed E-state index contributed by atoms with van der Waals surface area (Å²) in [4.78, 5) is 2.33. The minimum atomic E-state index is 0.863. The molecule has 0 aliphatic carbocycles. The SMILES string of the molecule is c1ccc(-c2cc(-c3ccccc3)cc(-c3ccc(N(c4cccc(-c5ccc6ccccc6c5)c4)c4cccc5c4oc4ccccc45)cc3)c2)cc1. The molecule has 10 aromatic rings. The Kier molecular flexibility index (Phi) is 7.85.